The van der Waals surface area contributed by atoms with Gasteiger partial charge in [-0.3, -0.25) is 0 Å². The van der Waals surface area contributed by atoms with Crippen LogP contribution < -0.4 is 5.32 Å². The van der Waals surface area contributed by atoms with Crippen molar-refractivity contribution < 1.29 is 4.79 Å². The summed E-state index contributed by atoms with van der Waals surface area (Å²) in [5, 5.41) is 14.7. The maximum atomic E-state index is 12.3. The minimum Gasteiger partial charge on any atom is -0.337 e. The number of hydrogen-bond donors (Lipinski definition) is 1. The summed E-state index contributed by atoms with van der Waals surface area (Å²) in [6.45, 7) is 3.42. The number of tetrazole rings is 1. The molecular formula is C14H22N8O. The monoisotopic (exact) mass is 318 g/mol. The Labute approximate surface area is 134 Å². The number of hydrogen-bond acceptors (Lipinski definition) is 5. The van der Waals surface area contributed by atoms with Gasteiger partial charge in [-0.2, -0.15) is 0 Å². The molecule has 0 saturated heterocycles. The third-order valence-electron chi connectivity index (χ3n) is 3.95. The van der Waals surface area contributed by atoms with Crippen LogP contribution in [-0.4, -0.2) is 54.3 Å². The molecule has 0 bridgehead atoms. The van der Waals surface area contributed by atoms with Crippen LogP contribution in [0.3, 0.4) is 0 Å². The van der Waals surface area contributed by atoms with Gasteiger partial charge in [0.15, 0.2) is 5.82 Å². The molecule has 124 valence electrons. The molecule has 2 aromatic heterocycles. The number of carbonyl (C=O) groups is 1. The molecule has 0 aliphatic heterocycles. The summed E-state index contributed by atoms with van der Waals surface area (Å²) >= 11 is 0. The SMILES string of the molecule is CC(NC(=O)N(C)CCCn1ccnc1)c1nnnn1C1CC1. The summed E-state index contributed by atoms with van der Waals surface area (Å²) in [4.78, 5) is 17.9. The van der Waals surface area contributed by atoms with Crippen molar-refractivity contribution in [2.75, 3.05) is 13.6 Å². The van der Waals surface area contributed by atoms with Gasteiger partial charge in [0.1, 0.15) is 0 Å². The highest BCUT2D eigenvalue weighted by Crippen LogP contribution is 2.35. The quantitative estimate of drug-likeness (QED) is 0.822. The number of imidazole rings is 1. The van der Waals surface area contributed by atoms with E-state index in [9.17, 15) is 4.79 Å². The van der Waals surface area contributed by atoms with E-state index in [-0.39, 0.29) is 12.1 Å². The lowest BCUT2D eigenvalue weighted by molar-refractivity contribution is 0.203. The van der Waals surface area contributed by atoms with Gasteiger partial charge in [-0.1, -0.05) is 0 Å². The average molecular weight is 318 g/mol. The molecule has 23 heavy (non-hydrogen) atoms. The third-order valence-corrected chi connectivity index (χ3v) is 3.95. The van der Waals surface area contributed by atoms with Gasteiger partial charge >= 0.3 is 6.03 Å². The van der Waals surface area contributed by atoms with Crippen LogP contribution in [0.5, 0.6) is 0 Å². The molecule has 3 rings (SSSR count). The van der Waals surface area contributed by atoms with E-state index in [0.29, 0.717) is 18.4 Å². The highest BCUT2D eigenvalue weighted by molar-refractivity contribution is 5.74. The first kappa shape index (κ1) is 15.4. The molecule has 1 atom stereocenters. The van der Waals surface area contributed by atoms with Crippen molar-refractivity contribution in [3.05, 3.63) is 24.5 Å². The van der Waals surface area contributed by atoms with Crippen LogP contribution >= 0.6 is 0 Å². The summed E-state index contributed by atoms with van der Waals surface area (Å²) in [6.07, 6.45) is 8.52. The van der Waals surface area contributed by atoms with E-state index in [4.69, 9.17) is 0 Å². The average Bonchev–Trinajstić information content (AvgIpc) is 3.04. The standard InChI is InChI=1S/C14H22N8O/c1-11(13-17-18-19-22(13)12-4-5-12)16-14(23)20(2)7-3-8-21-9-6-15-10-21/h6,9-12H,3-5,7-8H2,1-2H3,(H,16,23). The Morgan fingerprint density at radius 3 is 3.04 bits per heavy atom. The van der Waals surface area contributed by atoms with E-state index in [1.165, 1.54) is 0 Å². The number of rotatable bonds is 7. The Morgan fingerprint density at radius 1 is 1.52 bits per heavy atom. The van der Waals surface area contributed by atoms with Gasteiger partial charge in [0.25, 0.3) is 0 Å². The number of aromatic nitrogens is 6. The van der Waals surface area contributed by atoms with Crippen LogP contribution in [-0.2, 0) is 6.54 Å². The summed E-state index contributed by atoms with van der Waals surface area (Å²) in [6, 6.07) is 0.0648. The highest BCUT2D eigenvalue weighted by atomic mass is 16.2. The van der Waals surface area contributed by atoms with Gasteiger partial charge in [-0.15, -0.1) is 5.10 Å². The van der Waals surface area contributed by atoms with E-state index in [1.54, 1.807) is 24.5 Å². The summed E-state index contributed by atoms with van der Waals surface area (Å²) < 4.78 is 3.82. The Morgan fingerprint density at radius 2 is 2.35 bits per heavy atom. The highest BCUT2D eigenvalue weighted by Gasteiger charge is 2.30. The van der Waals surface area contributed by atoms with Gasteiger partial charge < -0.3 is 14.8 Å². The van der Waals surface area contributed by atoms with Crippen LogP contribution in [0.15, 0.2) is 18.7 Å². The van der Waals surface area contributed by atoms with Crippen molar-refractivity contribution in [2.45, 2.75) is 44.8 Å². The fraction of sp³-hybridized carbons (Fsp3) is 0.643. The largest absolute Gasteiger partial charge is 0.337 e. The van der Waals surface area contributed by atoms with Crippen molar-refractivity contribution in [1.29, 1.82) is 0 Å². The Hall–Kier alpha value is -2.45. The lowest BCUT2D eigenvalue weighted by Gasteiger charge is -2.21. The van der Waals surface area contributed by atoms with Crippen LogP contribution in [0, 0.1) is 0 Å². The zero-order chi connectivity index (χ0) is 16.2. The van der Waals surface area contributed by atoms with Crippen LogP contribution in [0.25, 0.3) is 0 Å². The first-order valence-corrected chi connectivity index (χ1v) is 7.90. The van der Waals surface area contributed by atoms with E-state index < -0.39 is 0 Å². The molecule has 1 aliphatic rings. The smallest absolute Gasteiger partial charge is 0.317 e. The first-order chi connectivity index (χ1) is 11.1. The molecule has 1 saturated carbocycles. The maximum absolute atomic E-state index is 12.3. The lowest BCUT2D eigenvalue weighted by Crippen LogP contribution is -2.40. The molecule has 0 aromatic carbocycles. The second-order valence-corrected chi connectivity index (χ2v) is 5.96. The van der Waals surface area contributed by atoms with Crippen molar-refractivity contribution in [3.8, 4) is 0 Å². The van der Waals surface area contributed by atoms with Crippen molar-refractivity contribution in [1.82, 2.24) is 40.0 Å². The van der Waals surface area contributed by atoms with Crippen molar-refractivity contribution >= 4 is 6.03 Å². The summed E-state index contributed by atoms with van der Waals surface area (Å²) in [7, 11) is 1.79. The number of nitrogens with zero attached hydrogens (tertiary/aromatic N) is 7. The number of amides is 2. The van der Waals surface area contributed by atoms with Gasteiger partial charge in [-0.05, 0) is 36.6 Å². The van der Waals surface area contributed by atoms with E-state index >= 15 is 0 Å². The molecular weight excluding hydrogens is 296 g/mol. The molecule has 2 amide bonds. The van der Waals surface area contributed by atoms with Gasteiger partial charge in [0, 0.05) is 32.5 Å². The summed E-state index contributed by atoms with van der Waals surface area (Å²) in [5.41, 5.74) is 0. The fourth-order valence-electron chi connectivity index (χ4n) is 2.44. The van der Waals surface area contributed by atoms with Crippen LogP contribution in [0.1, 0.15) is 44.1 Å². The number of urea groups is 1. The maximum Gasteiger partial charge on any atom is 0.317 e. The number of nitrogens with one attached hydrogen (secondary N) is 1. The molecule has 9 nitrogen and oxygen atoms in total. The topological polar surface area (TPSA) is 93.8 Å². The minimum atomic E-state index is -0.214. The third kappa shape index (κ3) is 3.85. The fourth-order valence-corrected chi connectivity index (χ4v) is 2.44. The molecule has 1 unspecified atom stereocenters. The van der Waals surface area contributed by atoms with Crippen LogP contribution in [0.2, 0.25) is 0 Å². The van der Waals surface area contributed by atoms with E-state index in [1.807, 2.05) is 22.4 Å². The molecule has 1 aliphatic carbocycles. The van der Waals surface area contributed by atoms with E-state index in [2.05, 4.69) is 25.8 Å². The zero-order valence-corrected chi connectivity index (χ0v) is 13.5. The molecule has 1 fully saturated rings. The van der Waals surface area contributed by atoms with E-state index in [0.717, 1.165) is 25.8 Å². The Kier molecular flexibility index (Phi) is 4.54. The summed E-state index contributed by atoms with van der Waals surface area (Å²) in [5.74, 6) is 0.715. The van der Waals surface area contributed by atoms with Crippen molar-refractivity contribution in [3.63, 3.8) is 0 Å². The second-order valence-electron chi connectivity index (χ2n) is 5.96. The van der Waals surface area contributed by atoms with Crippen LogP contribution in [0.4, 0.5) is 4.79 Å². The predicted molar refractivity (Wildman–Crippen MR) is 82.5 cm³/mol. The Balaban J connectivity index is 1.46. The predicted octanol–water partition coefficient (Wildman–Crippen LogP) is 0.997. The minimum absolute atomic E-state index is 0.117. The molecule has 0 radical (unpaired) electrons. The normalized spacial score (nSPS) is 15.4. The Bertz CT molecular complexity index is 633. The lowest BCUT2D eigenvalue weighted by atomic mass is 10.3. The number of aryl methyl sites for hydroxylation is 1. The molecule has 2 aromatic rings. The number of carbonyl (C=O) groups excluding carboxylic acids is 1. The molecule has 9 heteroatoms. The molecule has 1 N–H and O–H groups in total. The van der Waals surface area contributed by atoms with Gasteiger partial charge in [0.2, 0.25) is 0 Å². The zero-order valence-electron chi connectivity index (χ0n) is 13.5. The molecule has 2 heterocycles. The van der Waals surface area contributed by atoms with Gasteiger partial charge in [0.05, 0.1) is 18.4 Å². The van der Waals surface area contributed by atoms with Crippen molar-refractivity contribution in [2.24, 2.45) is 0 Å². The molecule has 0 spiro atoms. The second kappa shape index (κ2) is 6.76. The first-order valence-electron chi connectivity index (χ1n) is 7.90. The van der Waals surface area contributed by atoms with Gasteiger partial charge in [-0.25, -0.2) is 14.5 Å².